The van der Waals surface area contributed by atoms with Crippen LogP contribution in [0.5, 0.6) is 0 Å². The van der Waals surface area contributed by atoms with Crippen molar-refractivity contribution < 1.29 is 0 Å². The van der Waals surface area contributed by atoms with Crippen LogP contribution in [0.25, 0.3) is 5.57 Å². The van der Waals surface area contributed by atoms with E-state index in [-0.39, 0.29) is 0 Å². The molecule has 0 aromatic heterocycles. The first-order chi connectivity index (χ1) is 7.09. The monoisotopic (exact) mass is 197 g/mol. The molecule has 0 amide bonds. The Labute approximate surface area is 93.6 Å². The number of allylic oxidation sites excluding steroid dienone is 1. The number of benzene rings is 1. The number of fused-ring (bicyclic) bond motifs is 1. The Morgan fingerprint density at radius 2 is 1.73 bits per heavy atom. The molecule has 1 aliphatic heterocycles. The average molecular weight is 197 g/mol. The van der Waals surface area contributed by atoms with Crippen LogP contribution in [0.2, 0.25) is 0 Å². The topological polar surface area (TPSA) is 0 Å². The van der Waals surface area contributed by atoms with Crippen LogP contribution >= 0.6 is 0 Å². The summed E-state index contributed by atoms with van der Waals surface area (Å²) in [6, 6.07) is 6.85. The van der Waals surface area contributed by atoms with Gasteiger partial charge < -0.3 is 0 Å². The predicted molar refractivity (Wildman–Crippen MR) is 68.7 cm³/mol. The van der Waals surface area contributed by atoms with E-state index in [2.05, 4.69) is 59.1 Å². The van der Waals surface area contributed by atoms with E-state index in [0.717, 1.165) is 0 Å². The van der Waals surface area contributed by atoms with E-state index in [1.54, 1.807) is 0 Å². The van der Waals surface area contributed by atoms with Gasteiger partial charge in [-0.3, -0.25) is 0 Å². The Balaban J connectivity index is 2.43. The van der Waals surface area contributed by atoms with E-state index in [0.29, 0.717) is 11.8 Å². The highest BCUT2D eigenvalue weighted by Crippen LogP contribution is 2.27. The lowest BCUT2D eigenvalue weighted by molar-refractivity contribution is 0.850. The first-order valence-corrected chi connectivity index (χ1v) is 5.79. The minimum atomic E-state index is 0.615. The Morgan fingerprint density at radius 1 is 1.00 bits per heavy atom. The van der Waals surface area contributed by atoms with E-state index in [1.807, 2.05) is 0 Å². The standard InChI is InChI=1S/C14H18B/c1-9(2)11-5-6-14-12(7-11)13(8-15-14)10(3)4/h5-10H,1-4H3. The maximum Gasteiger partial charge on any atom is 0.182 e. The van der Waals surface area contributed by atoms with Crippen molar-refractivity contribution in [3.05, 3.63) is 35.3 Å². The Bertz CT molecular complexity index is 400. The fraction of sp³-hybridized carbons (Fsp3) is 0.429. The summed E-state index contributed by atoms with van der Waals surface area (Å²) < 4.78 is 0. The van der Waals surface area contributed by atoms with E-state index in [9.17, 15) is 0 Å². The lowest BCUT2D eigenvalue weighted by Crippen LogP contribution is -2.12. The second kappa shape index (κ2) is 3.88. The zero-order valence-corrected chi connectivity index (χ0v) is 10.0. The van der Waals surface area contributed by atoms with Gasteiger partial charge in [-0.05, 0) is 23.0 Å². The van der Waals surface area contributed by atoms with Crippen LogP contribution in [-0.4, -0.2) is 7.28 Å². The molecule has 0 saturated heterocycles. The van der Waals surface area contributed by atoms with Crippen molar-refractivity contribution in [2.45, 2.75) is 33.6 Å². The van der Waals surface area contributed by atoms with Gasteiger partial charge in [-0.15, -0.1) is 5.98 Å². The second-order valence-corrected chi connectivity index (χ2v) is 4.94. The summed E-state index contributed by atoms with van der Waals surface area (Å²) in [6.07, 6.45) is 0. The maximum atomic E-state index is 2.36. The fourth-order valence-electron chi connectivity index (χ4n) is 2.10. The molecule has 1 radical (unpaired) electrons. The lowest BCUT2D eigenvalue weighted by atomic mass is 9.73. The van der Waals surface area contributed by atoms with Crippen molar-refractivity contribution in [1.82, 2.24) is 0 Å². The predicted octanol–water partition coefficient (Wildman–Crippen LogP) is 3.15. The first-order valence-electron chi connectivity index (χ1n) is 5.79. The van der Waals surface area contributed by atoms with Gasteiger partial charge in [0, 0.05) is 0 Å². The van der Waals surface area contributed by atoms with Gasteiger partial charge in [0.1, 0.15) is 0 Å². The van der Waals surface area contributed by atoms with Crippen LogP contribution in [0.3, 0.4) is 0 Å². The van der Waals surface area contributed by atoms with Gasteiger partial charge in [-0.25, -0.2) is 0 Å². The average Bonchev–Trinajstić information content (AvgIpc) is 2.59. The summed E-state index contributed by atoms with van der Waals surface area (Å²) in [5, 5.41) is 0. The van der Waals surface area contributed by atoms with Crippen molar-refractivity contribution in [1.29, 1.82) is 0 Å². The number of rotatable bonds is 2. The summed E-state index contributed by atoms with van der Waals surface area (Å²) in [6.45, 7) is 9.02. The molecule has 1 aliphatic rings. The Kier molecular flexibility index (Phi) is 2.73. The number of hydrogen-bond acceptors (Lipinski definition) is 0. The van der Waals surface area contributed by atoms with Gasteiger partial charge >= 0.3 is 0 Å². The molecule has 0 saturated carbocycles. The van der Waals surface area contributed by atoms with E-state index < -0.39 is 0 Å². The summed E-state index contributed by atoms with van der Waals surface area (Å²) >= 11 is 0. The molecule has 1 heteroatoms. The van der Waals surface area contributed by atoms with Crippen molar-refractivity contribution in [3.63, 3.8) is 0 Å². The fourth-order valence-corrected chi connectivity index (χ4v) is 2.10. The Morgan fingerprint density at radius 3 is 2.33 bits per heavy atom. The molecule has 1 aromatic carbocycles. The van der Waals surface area contributed by atoms with Crippen molar-refractivity contribution >= 4 is 18.3 Å². The van der Waals surface area contributed by atoms with Crippen LogP contribution in [-0.2, 0) is 0 Å². The van der Waals surface area contributed by atoms with Gasteiger partial charge in [0.15, 0.2) is 7.28 Å². The normalized spacial score (nSPS) is 14.1. The first kappa shape index (κ1) is 10.5. The molecule has 0 fully saturated rings. The SMILES string of the molecule is CC(C)C1=C[B]c2ccc(C(C)C)cc21. The summed E-state index contributed by atoms with van der Waals surface area (Å²) in [5.74, 6) is 3.49. The molecule has 1 aromatic rings. The highest BCUT2D eigenvalue weighted by molar-refractivity contribution is 6.63. The summed E-state index contributed by atoms with van der Waals surface area (Å²) in [4.78, 5) is 0. The van der Waals surface area contributed by atoms with E-state index in [4.69, 9.17) is 0 Å². The molecule has 77 valence electrons. The maximum absolute atomic E-state index is 2.36. The summed E-state index contributed by atoms with van der Waals surface area (Å²) in [7, 11) is 2.23. The third-order valence-corrected chi connectivity index (χ3v) is 3.12. The van der Waals surface area contributed by atoms with Gasteiger partial charge in [-0.2, -0.15) is 0 Å². The molecule has 15 heavy (non-hydrogen) atoms. The third-order valence-electron chi connectivity index (χ3n) is 3.12. The summed E-state index contributed by atoms with van der Waals surface area (Å²) in [5.41, 5.74) is 5.74. The molecule has 0 spiro atoms. The van der Waals surface area contributed by atoms with Crippen LogP contribution < -0.4 is 5.46 Å². The quantitative estimate of drug-likeness (QED) is 0.639. The molecule has 0 unspecified atom stereocenters. The van der Waals surface area contributed by atoms with Crippen LogP contribution in [0.15, 0.2) is 24.2 Å². The molecule has 0 bridgehead atoms. The molecule has 1 heterocycles. The van der Waals surface area contributed by atoms with Crippen molar-refractivity contribution in [3.8, 4) is 0 Å². The van der Waals surface area contributed by atoms with Gasteiger partial charge in [0.05, 0.1) is 0 Å². The van der Waals surface area contributed by atoms with Crippen LogP contribution in [0.1, 0.15) is 44.7 Å². The molecular weight excluding hydrogens is 179 g/mol. The highest BCUT2D eigenvalue weighted by atomic mass is 14.2. The van der Waals surface area contributed by atoms with Crippen LogP contribution in [0, 0.1) is 5.92 Å². The second-order valence-electron chi connectivity index (χ2n) is 4.94. The third kappa shape index (κ3) is 1.88. The highest BCUT2D eigenvalue weighted by Gasteiger charge is 2.17. The van der Waals surface area contributed by atoms with E-state index >= 15 is 0 Å². The Hall–Kier alpha value is -0.975. The zero-order chi connectivity index (χ0) is 11.0. The molecule has 0 N–H and O–H groups in total. The largest absolute Gasteiger partial charge is 0.182 e. The smallest absolute Gasteiger partial charge is 0.112 e. The van der Waals surface area contributed by atoms with Gasteiger partial charge in [0.2, 0.25) is 0 Å². The molecule has 0 atom stereocenters. The van der Waals surface area contributed by atoms with Crippen molar-refractivity contribution in [2.75, 3.05) is 0 Å². The van der Waals surface area contributed by atoms with Gasteiger partial charge in [-0.1, -0.05) is 56.9 Å². The molecular formula is C14H18B. The zero-order valence-electron chi connectivity index (χ0n) is 10.0. The number of hydrogen-bond donors (Lipinski definition) is 0. The molecule has 0 nitrogen and oxygen atoms in total. The lowest BCUT2D eigenvalue weighted by Gasteiger charge is -2.13. The van der Waals surface area contributed by atoms with Gasteiger partial charge in [0.25, 0.3) is 0 Å². The van der Waals surface area contributed by atoms with Crippen molar-refractivity contribution in [2.24, 2.45) is 5.92 Å². The minimum absolute atomic E-state index is 0.615. The minimum Gasteiger partial charge on any atom is -0.112 e. The van der Waals surface area contributed by atoms with Crippen LogP contribution in [0.4, 0.5) is 0 Å². The van der Waals surface area contributed by atoms with E-state index in [1.165, 1.54) is 22.2 Å². The molecule has 0 aliphatic carbocycles. The molecule has 2 rings (SSSR count).